The van der Waals surface area contributed by atoms with Gasteiger partial charge >= 0.3 is 0 Å². The molecule has 1 aliphatic heterocycles. The van der Waals surface area contributed by atoms with E-state index >= 15 is 0 Å². The van der Waals surface area contributed by atoms with E-state index in [-0.39, 0.29) is 0 Å². The molecule has 1 aliphatic rings. The molecule has 80 valence electrons. The largest absolute Gasteiger partial charge is 0.288 e. The fourth-order valence-corrected chi connectivity index (χ4v) is 3.00. The van der Waals surface area contributed by atoms with Crippen LogP contribution in [0.4, 0.5) is 0 Å². The standard InChI is InChI=1S/C14H13NS/c1-2-4-11(5-3-1)10-13-12-7-9-16-14(12)6-8-15-13/h1-5,7,9H,6,8,10H2. The van der Waals surface area contributed by atoms with E-state index in [0.717, 1.165) is 19.4 Å². The maximum atomic E-state index is 4.66. The predicted octanol–water partition coefficient (Wildman–Crippen LogP) is 3.34. The molecule has 0 N–H and O–H groups in total. The van der Waals surface area contributed by atoms with Gasteiger partial charge in [-0.1, -0.05) is 30.3 Å². The number of hydrogen-bond donors (Lipinski definition) is 0. The zero-order chi connectivity index (χ0) is 10.8. The van der Waals surface area contributed by atoms with Crippen LogP contribution in [0.1, 0.15) is 16.0 Å². The Morgan fingerprint density at radius 3 is 2.88 bits per heavy atom. The molecule has 0 bridgehead atoms. The number of hydrogen-bond acceptors (Lipinski definition) is 2. The van der Waals surface area contributed by atoms with Crippen molar-refractivity contribution >= 4 is 17.0 Å². The van der Waals surface area contributed by atoms with Gasteiger partial charge in [-0.25, -0.2) is 0 Å². The molecule has 16 heavy (non-hydrogen) atoms. The minimum absolute atomic E-state index is 0.954. The Bertz CT molecular complexity index is 511. The summed E-state index contributed by atoms with van der Waals surface area (Å²) in [5, 5.41) is 2.18. The zero-order valence-corrected chi connectivity index (χ0v) is 9.83. The molecule has 2 heteroatoms. The van der Waals surface area contributed by atoms with Crippen LogP contribution in [0, 0.1) is 0 Å². The van der Waals surface area contributed by atoms with Crippen LogP contribution in [0.5, 0.6) is 0 Å². The first-order chi connectivity index (χ1) is 7.93. The van der Waals surface area contributed by atoms with E-state index < -0.39 is 0 Å². The zero-order valence-electron chi connectivity index (χ0n) is 9.02. The third-order valence-corrected chi connectivity index (χ3v) is 3.89. The van der Waals surface area contributed by atoms with Crippen LogP contribution in [-0.2, 0) is 12.8 Å². The number of thiophene rings is 1. The third kappa shape index (κ3) is 1.81. The minimum atomic E-state index is 0.954. The van der Waals surface area contributed by atoms with Gasteiger partial charge < -0.3 is 0 Å². The summed E-state index contributed by atoms with van der Waals surface area (Å²) in [5.74, 6) is 0. The quantitative estimate of drug-likeness (QED) is 0.746. The van der Waals surface area contributed by atoms with Crippen LogP contribution in [0.2, 0.25) is 0 Å². The highest BCUT2D eigenvalue weighted by Gasteiger charge is 2.14. The van der Waals surface area contributed by atoms with Gasteiger partial charge in [-0.2, -0.15) is 0 Å². The first-order valence-electron chi connectivity index (χ1n) is 5.57. The van der Waals surface area contributed by atoms with Gasteiger partial charge in [0.2, 0.25) is 0 Å². The maximum absolute atomic E-state index is 4.66. The molecule has 1 nitrogen and oxygen atoms in total. The summed E-state index contributed by atoms with van der Waals surface area (Å²) in [4.78, 5) is 6.16. The molecule has 0 saturated heterocycles. The third-order valence-electron chi connectivity index (χ3n) is 2.91. The van der Waals surface area contributed by atoms with Crippen molar-refractivity contribution in [3.05, 3.63) is 57.8 Å². The summed E-state index contributed by atoms with van der Waals surface area (Å²) in [5.41, 5.74) is 3.98. The highest BCUT2D eigenvalue weighted by Crippen LogP contribution is 2.23. The molecule has 0 saturated carbocycles. The number of benzene rings is 1. The summed E-state index contributed by atoms with van der Waals surface area (Å²) < 4.78 is 0. The van der Waals surface area contributed by atoms with Crippen molar-refractivity contribution in [1.82, 2.24) is 0 Å². The van der Waals surface area contributed by atoms with Gasteiger partial charge in [-0.15, -0.1) is 11.3 Å². The number of aliphatic imine (C=N–C) groups is 1. The second-order valence-electron chi connectivity index (χ2n) is 4.00. The van der Waals surface area contributed by atoms with Gasteiger partial charge in [0.15, 0.2) is 0 Å². The Balaban J connectivity index is 1.89. The van der Waals surface area contributed by atoms with E-state index in [0.29, 0.717) is 0 Å². The molecular formula is C14H13NS. The normalized spacial score (nSPS) is 14.4. The molecule has 0 aliphatic carbocycles. The number of nitrogens with zero attached hydrogens (tertiary/aromatic N) is 1. The Morgan fingerprint density at radius 2 is 2.00 bits per heavy atom. The fourth-order valence-electron chi connectivity index (χ4n) is 2.11. The average Bonchev–Trinajstić information content (AvgIpc) is 2.80. The Kier molecular flexibility index (Phi) is 2.58. The molecule has 0 amide bonds. The van der Waals surface area contributed by atoms with Gasteiger partial charge in [-0.05, 0) is 17.0 Å². The summed E-state index contributed by atoms with van der Waals surface area (Å²) in [6, 6.07) is 12.8. The van der Waals surface area contributed by atoms with E-state index in [4.69, 9.17) is 0 Å². The molecule has 0 unspecified atom stereocenters. The van der Waals surface area contributed by atoms with Crippen molar-refractivity contribution in [3.63, 3.8) is 0 Å². The second kappa shape index (κ2) is 4.22. The molecule has 0 atom stereocenters. The lowest BCUT2D eigenvalue weighted by Crippen LogP contribution is -2.12. The van der Waals surface area contributed by atoms with Gasteiger partial charge in [0.05, 0.1) is 0 Å². The fraction of sp³-hybridized carbons (Fsp3) is 0.214. The van der Waals surface area contributed by atoms with Gasteiger partial charge in [0, 0.05) is 35.5 Å². The summed E-state index contributed by atoms with van der Waals surface area (Å²) >= 11 is 1.86. The van der Waals surface area contributed by atoms with Crippen LogP contribution in [0.15, 0.2) is 46.8 Å². The van der Waals surface area contributed by atoms with Crippen LogP contribution in [-0.4, -0.2) is 12.3 Å². The van der Waals surface area contributed by atoms with Crippen molar-refractivity contribution in [2.45, 2.75) is 12.8 Å². The second-order valence-corrected chi connectivity index (χ2v) is 5.00. The van der Waals surface area contributed by atoms with E-state index in [9.17, 15) is 0 Å². The number of rotatable bonds is 2. The van der Waals surface area contributed by atoms with Crippen molar-refractivity contribution in [2.24, 2.45) is 4.99 Å². The Morgan fingerprint density at radius 1 is 1.12 bits per heavy atom. The molecule has 0 fully saturated rings. The van der Waals surface area contributed by atoms with Gasteiger partial charge in [0.25, 0.3) is 0 Å². The first-order valence-corrected chi connectivity index (χ1v) is 6.45. The van der Waals surface area contributed by atoms with Crippen LogP contribution >= 0.6 is 11.3 Å². The lowest BCUT2D eigenvalue weighted by Gasteiger charge is -2.12. The minimum Gasteiger partial charge on any atom is -0.288 e. The SMILES string of the molecule is c1ccc(CC2=NCCc3sccc32)cc1. The molecular weight excluding hydrogens is 214 g/mol. The van der Waals surface area contributed by atoms with E-state index in [1.165, 1.54) is 21.7 Å². The van der Waals surface area contributed by atoms with Crippen molar-refractivity contribution < 1.29 is 0 Å². The van der Waals surface area contributed by atoms with Crippen LogP contribution < -0.4 is 0 Å². The van der Waals surface area contributed by atoms with Gasteiger partial charge in [0.1, 0.15) is 0 Å². The van der Waals surface area contributed by atoms with Crippen molar-refractivity contribution in [3.8, 4) is 0 Å². The van der Waals surface area contributed by atoms with Crippen LogP contribution in [0.25, 0.3) is 0 Å². The monoisotopic (exact) mass is 227 g/mol. The average molecular weight is 227 g/mol. The molecule has 1 aromatic heterocycles. The van der Waals surface area contributed by atoms with E-state index in [2.05, 4.69) is 46.8 Å². The summed E-state index contributed by atoms with van der Waals surface area (Å²) in [6.45, 7) is 0.954. The Labute approximate surface area is 99.5 Å². The maximum Gasteiger partial charge on any atom is 0.0475 e. The molecule has 0 radical (unpaired) electrons. The topological polar surface area (TPSA) is 12.4 Å². The van der Waals surface area contributed by atoms with E-state index in [1.807, 2.05) is 11.3 Å². The molecule has 0 spiro atoms. The van der Waals surface area contributed by atoms with E-state index in [1.54, 1.807) is 0 Å². The van der Waals surface area contributed by atoms with Gasteiger partial charge in [-0.3, -0.25) is 4.99 Å². The summed E-state index contributed by atoms with van der Waals surface area (Å²) in [6.07, 6.45) is 2.08. The van der Waals surface area contributed by atoms with Crippen molar-refractivity contribution in [2.75, 3.05) is 6.54 Å². The number of fused-ring (bicyclic) bond motifs is 1. The highest BCUT2D eigenvalue weighted by atomic mass is 32.1. The van der Waals surface area contributed by atoms with Crippen molar-refractivity contribution in [1.29, 1.82) is 0 Å². The first kappa shape index (κ1) is 9.79. The predicted molar refractivity (Wildman–Crippen MR) is 69.6 cm³/mol. The van der Waals surface area contributed by atoms with Crippen LogP contribution in [0.3, 0.4) is 0 Å². The molecule has 2 aromatic rings. The smallest absolute Gasteiger partial charge is 0.0475 e. The molecule has 1 aromatic carbocycles. The Hall–Kier alpha value is -1.41. The lowest BCUT2D eigenvalue weighted by molar-refractivity contribution is 0.955. The molecule has 2 heterocycles. The highest BCUT2D eigenvalue weighted by molar-refractivity contribution is 7.10. The summed E-state index contributed by atoms with van der Waals surface area (Å²) in [7, 11) is 0. The molecule has 3 rings (SSSR count). The lowest BCUT2D eigenvalue weighted by atomic mass is 10.00.